The van der Waals surface area contributed by atoms with Crippen LogP contribution < -0.4 is 4.72 Å². The summed E-state index contributed by atoms with van der Waals surface area (Å²) in [5.41, 5.74) is 2.44. The third-order valence-electron chi connectivity index (χ3n) is 4.79. The van der Waals surface area contributed by atoms with Crippen LogP contribution >= 0.6 is 11.3 Å². The first-order valence-corrected chi connectivity index (χ1v) is 11.4. The molecular weight excluding hydrogens is 352 g/mol. The van der Waals surface area contributed by atoms with Crippen molar-refractivity contribution in [3.8, 4) is 0 Å². The molecule has 6 heteroatoms. The van der Waals surface area contributed by atoms with Crippen LogP contribution in [-0.2, 0) is 23.0 Å². The van der Waals surface area contributed by atoms with Crippen LogP contribution in [0.2, 0.25) is 0 Å². The van der Waals surface area contributed by atoms with Gasteiger partial charge in [-0.2, -0.15) is 11.3 Å². The zero-order valence-electron chi connectivity index (χ0n) is 14.4. The minimum Gasteiger partial charge on any atom is -0.299 e. The second-order valence-electron chi connectivity index (χ2n) is 6.75. The Labute approximate surface area is 154 Å². The maximum absolute atomic E-state index is 12.2. The van der Waals surface area contributed by atoms with Gasteiger partial charge < -0.3 is 0 Å². The van der Waals surface area contributed by atoms with Crippen LogP contribution in [0.4, 0.5) is 0 Å². The topological polar surface area (TPSA) is 49.4 Å². The van der Waals surface area contributed by atoms with E-state index < -0.39 is 10.0 Å². The first-order valence-electron chi connectivity index (χ1n) is 8.85. The Hall–Kier alpha value is -1.21. The lowest BCUT2D eigenvalue weighted by molar-refractivity contribution is 0.179. The number of nitrogens with one attached hydrogen (secondary N) is 1. The molecule has 2 heterocycles. The lowest BCUT2D eigenvalue weighted by atomic mass is 9.97. The number of nitrogens with zero attached hydrogens (tertiary/aromatic N) is 1. The van der Waals surface area contributed by atoms with Crippen LogP contribution in [0.25, 0.3) is 0 Å². The number of hydrogen-bond donors (Lipinski definition) is 1. The molecule has 3 rings (SSSR count). The fraction of sp³-hybridized carbons (Fsp3) is 0.474. The van der Waals surface area contributed by atoms with Gasteiger partial charge in [0.25, 0.3) is 0 Å². The largest absolute Gasteiger partial charge is 0.299 e. The Morgan fingerprint density at radius 1 is 1.08 bits per heavy atom. The Bertz CT molecular complexity index is 722. The maximum Gasteiger partial charge on any atom is 0.211 e. The van der Waals surface area contributed by atoms with Crippen molar-refractivity contribution in [1.29, 1.82) is 0 Å². The molecule has 0 bridgehead atoms. The fourth-order valence-electron chi connectivity index (χ4n) is 3.20. The van der Waals surface area contributed by atoms with E-state index in [2.05, 4.69) is 26.4 Å². The van der Waals surface area contributed by atoms with Gasteiger partial charge in [0, 0.05) is 13.1 Å². The molecule has 1 aromatic heterocycles. The van der Waals surface area contributed by atoms with Crippen molar-refractivity contribution in [3.63, 3.8) is 0 Å². The van der Waals surface area contributed by atoms with Crippen molar-refractivity contribution >= 4 is 21.4 Å². The smallest absolute Gasteiger partial charge is 0.211 e. The molecule has 2 aromatic rings. The normalized spacial score (nSPS) is 17.0. The molecule has 1 aliphatic rings. The molecule has 0 aliphatic carbocycles. The average molecular weight is 379 g/mol. The third-order valence-corrected chi connectivity index (χ3v) is 6.87. The summed E-state index contributed by atoms with van der Waals surface area (Å²) < 4.78 is 27.2. The van der Waals surface area contributed by atoms with Crippen molar-refractivity contribution in [3.05, 3.63) is 58.3 Å². The number of thiophene rings is 1. The minimum atomic E-state index is -3.20. The van der Waals surface area contributed by atoms with Crippen LogP contribution in [0, 0.1) is 5.92 Å². The number of piperidine rings is 1. The van der Waals surface area contributed by atoms with Crippen LogP contribution in [0.1, 0.15) is 24.0 Å². The van der Waals surface area contributed by atoms with E-state index in [4.69, 9.17) is 0 Å². The second kappa shape index (κ2) is 8.94. The van der Waals surface area contributed by atoms with Crippen LogP contribution in [0.15, 0.2) is 47.2 Å². The molecule has 4 nitrogen and oxygen atoms in total. The Morgan fingerprint density at radius 2 is 1.84 bits per heavy atom. The number of benzene rings is 1. The molecule has 1 aliphatic heterocycles. The van der Waals surface area contributed by atoms with Crippen molar-refractivity contribution in [2.45, 2.75) is 25.8 Å². The van der Waals surface area contributed by atoms with E-state index in [1.165, 1.54) is 5.56 Å². The van der Waals surface area contributed by atoms with E-state index in [-0.39, 0.29) is 5.75 Å². The highest BCUT2D eigenvalue weighted by Crippen LogP contribution is 2.19. The summed E-state index contributed by atoms with van der Waals surface area (Å²) in [6.45, 7) is 3.68. The molecule has 1 N–H and O–H groups in total. The SMILES string of the molecule is O=S(=O)(CCc1ccccc1)NCC1CCN(Cc2ccsc2)CC1. The number of sulfonamides is 1. The van der Waals surface area contributed by atoms with Gasteiger partial charge >= 0.3 is 0 Å². The highest BCUT2D eigenvalue weighted by molar-refractivity contribution is 7.89. The number of aryl methyl sites for hydroxylation is 1. The van der Waals surface area contributed by atoms with Gasteiger partial charge in [0.2, 0.25) is 10.0 Å². The molecule has 0 spiro atoms. The predicted molar refractivity (Wildman–Crippen MR) is 104 cm³/mol. The second-order valence-corrected chi connectivity index (χ2v) is 9.46. The molecule has 0 atom stereocenters. The van der Waals surface area contributed by atoms with Gasteiger partial charge in [-0.15, -0.1) is 0 Å². The van der Waals surface area contributed by atoms with Gasteiger partial charge in [-0.05, 0) is 66.2 Å². The summed E-state index contributed by atoms with van der Waals surface area (Å²) in [4.78, 5) is 2.46. The van der Waals surface area contributed by atoms with Crippen LogP contribution in [-0.4, -0.2) is 38.7 Å². The number of rotatable bonds is 8. The quantitative estimate of drug-likeness (QED) is 0.768. The molecule has 1 saturated heterocycles. The summed E-state index contributed by atoms with van der Waals surface area (Å²) in [7, 11) is -3.20. The lowest BCUT2D eigenvalue weighted by Crippen LogP contribution is -2.39. The number of likely N-dealkylation sites (tertiary alicyclic amines) is 1. The van der Waals surface area contributed by atoms with E-state index in [9.17, 15) is 8.42 Å². The molecule has 1 aromatic carbocycles. The Morgan fingerprint density at radius 3 is 2.52 bits per heavy atom. The predicted octanol–water partition coefficient (Wildman–Crippen LogP) is 3.12. The van der Waals surface area contributed by atoms with Gasteiger partial charge in [0.15, 0.2) is 0 Å². The lowest BCUT2D eigenvalue weighted by Gasteiger charge is -2.31. The summed E-state index contributed by atoms with van der Waals surface area (Å²) in [6.07, 6.45) is 2.69. The molecule has 0 unspecified atom stereocenters. The van der Waals surface area contributed by atoms with Crippen LogP contribution in [0.3, 0.4) is 0 Å². The summed E-state index contributed by atoms with van der Waals surface area (Å²) in [5, 5.41) is 4.32. The molecule has 0 amide bonds. The van der Waals surface area contributed by atoms with Crippen molar-refractivity contribution in [2.75, 3.05) is 25.4 Å². The monoisotopic (exact) mass is 378 g/mol. The summed E-state index contributed by atoms with van der Waals surface area (Å²) in [5.74, 6) is 0.610. The number of hydrogen-bond acceptors (Lipinski definition) is 4. The molecule has 0 radical (unpaired) electrons. The van der Waals surface area contributed by atoms with E-state index in [1.54, 1.807) is 11.3 Å². The first kappa shape index (κ1) is 18.6. The molecule has 0 saturated carbocycles. The minimum absolute atomic E-state index is 0.161. The van der Waals surface area contributed by atoms with Gasteiger partial charge in [0.1, 0.15) is 0 Å². The highest BCUT2D eigenvalue weighted by atomic mass is 32.2. The maximum atomic E-state index is 12.2. The van der Waals surface area contributed by atoms with Crippen LogP contribution in [0.5, 0.6) is 0 Å². The molecule has 136 valence electrons. The molecule has 1 fully saturated rings. The fourth-order valence-corrected chi connectivity index (χ4v) is 5.00. The third kappa shape index (κ3) is 6.22. The average Bonchev–Trinajstić information content (AvgIpc) is 3.14. The van der Waals surface area contributed by atoms with Gasteiger partial charge in [-0.3, -0.25) is 4.90 Å². The van der Waals surface area contributed by atoms with Crippen molar-refractivity contribution in [2.24, 2.45) is 5.92 Å². The first-order chi connectivity index (χ1) is 12.1. The highest BCUT2D eigenvalue weighted by Gasteiger charge is 2.21. The van der Waals surface area contributed by atoms with Crippen molar-refractivity contribution < 1.29 is 8.42 Å². The van der Waals surface area contributed by atoms with E-state index in [0.717, 1.165) is 38.0 Å². The van der Waals surface area contributed by atoms with E-state index >= 15 is 0 Å². The van der Waals surface area contributed by atoms with Gasteiger partial charge in [-0.1, -0.05) is 30.3 Å². The zero-order valence-corrected chi connectivity index (χ0v) is 16.1. The standard InChI is InChI=1S/C19H26N2O2S2/c22-25(23,13-9-17-4-2-1-3-5-17)20-14-18-6-10-21(11-7-18)15-19-8-12-24-16-19/h1-5,8,12,16,18,20H,6-7,9-11,13-15H2. The van der Waals surface area contributed by atoms with E-state index in [0.29, 0.717) is 18.9 Å². The Kier molecular flexibility index (Phi) is 6.64. The van der Waals surface area contributed by atoms with Crippen molar-refractivity contribution in [1.82, 2.24) is 9.62 Å². The van der Waals surface area contributed by atoms with Gasteiger partial charge in [-0.25, -0.2) is 13.1 Å². The molecular formula is C19H26N2O2S2. The molecule has 25 heavy (non-hydrogen) atoms. The summed E-state index contributed by atoms with van der Waals surface area (Å²) in [6, 6.07) is 12.0. The zero-order chi connectivity index (χ0) is 17.5. The Balaban J connectivity index is 1.37. The van der Waals surface area contributed by atoms with Gasteiger partial charge in [0.05, 0.1) is 5.75 Å². The summed E-state index contributed by atoms with van der Waals surface area (Å²) >= 11 is 1.74. The van der Waals surface area contributed by atoms with E-state index in [1.807, 2.05) is 30.3 Å².